The molecule has 2 N–H and O–H groups in total. The lowest BCUT2D eigenvalue weighted by molar-refractivity contribution is 0.0843. The number of benzene rings is 2. The van der Waals surface area contributed by atoms with Crippen LogP contribution in [0.2, 0.25) is 0 Å². The van der Waals surface area contributed by atoms with E-state index < -0.39 is 11.8 Å². The second-order valence-electron chi connectivity index (χ2n) is 5.43. The largest absolute Gasteiger partial charge is 0.290 e. The molecule has 0 fully saturated rings. The lowest BCUT2D eigenvalue weighted by Gasteiger charge is -2.11. The van der Waals surface area contributed by atoms with Crippen LogP contribution in [-0.4, -0.2) is 21.6 Å². The number of amides is 2. The van der Waals surface area contributed by atoms with Gasteiger partial charge in [-0.25, -0.2) is 4.68 Å². The van der Waals surface area contributed by atoms with Crippen molar-refractivity contribution in [1.29, 1.82) is 0 Å². The molecule has 132 valence electrons. The summed E-state index contributed by atoms with van der Waals surface area (Å²) in [5.41, 5.74) is 4.89. The zero-order chi connectivity index (χ0) is 18.7. The SMILES string of the molecule is CCn1nc(C(=O)NNC(=O)c2ccc(Br)cc2)c2ccccc2c1=O. The summed E-state index contributed by atoms with van der Waals surface area (Å²) in [6.07, 6.45) is 0. The average Bonchev–Trinajstić information content (AvgIpc) is 2.67. The van der Waals surface area contributed by atoms with Gasteiger partial charge in [0, 0.05) is 22.0 Å². The first-order valence-corrected chi connectivity index (χ1v) is 8.66. The van der Waals surface area contributed by atoms with Crippen LogP contribution in [0.15, 0.2) is 57.8 Å². The number of nitrogens with zero attached hydrogens (tertiary/aromatic N) is 2. The molecule has 3 aromatic rings. The third-order valence-corrected chi connectivity index (χ3v) is 4.31. The maximum absolute atomic E-state index is 12.5. The van der Waals surface area contributed by atoms with Crippen LogP contribution in [0.5, 0.6) is 0 Å². The third-order valence-electron chi connectivity index (χ3n) is 3.78. The first-order chi connectivity index (χ1) is 12.5. The monoisotopic (exact) mass is 414 g/mol. The van der Waals surface area contributed by atoms with E-state index in [2.05, 4.69) is 31.9 Å². The van der Waals surface area contributed by atoms with Gasteiger partial charge >= 0.3 is 0 Å². The van der Waals surface area contributed by atoms with E-state index in [1.165, 1.54) is 4.68 Å². The molecule has 2 amide bonds. The molecule has 3 rings (SSSR count). The highest BCUT2D eigenvalue weighted by molar-refractivity contribution is 9.10. The maximum Gasteiger partial charge on any atom is 0.290 e. The van der Waals surface area contributed by atoms with Gasteiger partial charge in [0.25, 0.3) is 17.4 Å². The summed E-state index contributed by atoms with van der Waals surface area (Å²) < 4.78 is 2.06. The van der Waals surface area contributed by atoms with Gasteiger partial charge in [-0.2, -0.15) is 5.10 Å². The summed E-state index contributed by atoms with van der Waals surface area (Å²) in [7, 11) is 0. The molecule has 0 unspecified atom stereocenters. The lowest BCUT2D eigenvalue weighted by Crippen LogP contribution is -2.42. The quantitative estimate of drug-likeness (QED) is 0.642. The van der Waals surface area contributed by atoms with E-state index in [9.17, 15) is 14.4 Å². The van der Waals surface area contributed by atoms with Crippen molar-refractivity contribution in [1.82, 2.24) is 20.6 Å². The number of carbonyl (C=O) groups is 2. The molecular weight excluding hydrogens is 400 g/mol. The van der Waals surface area contributed by atoms with Gasteiger partial charge in [0.1, 0.15) is 0 Å². The Balaban J connectivity index is 1.86. The number of hydrogen-bond acceptors (Lipinski definition) is 4. The van der Waals surface area contributed by atoms with Gasteiger partial charge in [-0.05, 0) is 37.3 Å². The fourth-order valence-corrected chi connectivity index (χ4v) is 2.73. The van der Waals surface area contributed by atoms with Crippen molar-refractivity contribution in [3.05, 3.63) is 74.6 Å². The maximum atomic E-state index is 12.5. The van der Waals surface area contributed by atoms with Crippen molar-refractivity contribution in [2.24, 2.45) is 0 Å². The molecule has 0 aliphatic heterocycles. The number of aryl methyl sites for hydroxylation is 1. The average molecular weight is 415 g/mol. The number of hydrogen-bond donors (Lipinski definition) is 2. The Morgan fingerprint density at radius 2 is 1.62 bits per heavy atom. The van der Waals surface area contributed by atoms with E-state index in [-0.39, 0.29) is 11.3 Å². The summed E-state index contributed by atoms with van der Waals surface area (Å²) in [4.78, 5) is 36.9. The van der Waals surface area contributed by atoms with Gasteiger partial charge in [-0.15, -0.1) is 0 Å². The molecule has 0 saturated carbocycles. The second-order valence-corrected chi connectivity index (χ2v) is 6.35. The predicted octanol–water partition coefficient (Wildman–Crippen LogP) is 2.25. The Hall–Kier alpha value is -3.00. The molecule has 0 aliphatic carbocycles. The Morgan fingerprint density at radius 3 is 2.27 bits per heavy atom. The second kappa shape index (κ2) is 7.49. The van der Waals surface area contributed by atoms with Gasteiger partial charge in [-0.1, -0.05) is 34.1 Å². The van der Waals surface area contributed by atoms with E-state index in [0.29, 0.717) is 22.9 Å². The highest BCUT2D eigenvalue weighted by Crippen LogP contribution is 2.13. The van der Waals surface area contributed by atoms with Crippen LogP contribution in [0.1, 0.15) is 27.8 Å². The summed E-state index contributed by atoms with van der Waals surface area (Å²) in [6.45, 7) is 2.09. The summed E-state index contributed by atoms with van der Waals surface area (Å²) >= 11 is 3.29. The Labute approximate surface area is 157 Å². The standard InChI is InChI=1S/C18H15BrN4O3/c1-2-23-18(26)14-6-4-3-5-13(14)15(22-23)17(25)21-20-16(24)11-7-9-12(19)10-8-11/h3-10H,2H2,1H3,(H,20,24)(H,21,25). The normalized spacial score (nSPS) is 10.5. The van der Waals surface area contributed by atoms with E-state index in [0.717, 1.165) is 4.47 Å². The summed E-state index contributed by atoms with van der Waals surface area (Å²) in [5, 5.41) is 4.94. The van der Waals surface area contributed by atoms with Crippen molar-refractivity contribution in [3.8, 4) is 0 Å². The molecular formula is C18H15BrN4O3. The molecule has 1 heterocycles. The first-order valence-electron chi connectivity index (χ1n) is 7.87. The molecule has 0 aliphatic rings. The van der Waals surface area contributed by atoms with E-state index in [4.69, 9.17) is 0 Å². The number of halogens is 1. The smallest absolute Gasteiger partial charge is 0.267 e. The number of hydrazine groups is 1. The van der Waals surface area contributed by atoms with Crippen molar-refractivity contribution in [2.75, 3.05) is 0 Å². The molecule has 0 saturated heterocycles. The van der Waals surface area contributed by atoms with Gasteiger partial charge in [0.15, 0.2) is 5.69 Å². The fourth-order valence-electron chi connectivity index (χ4n) is 2.46. The number of aromatic nitrogens is 2. The Morgan fingerprint density at radius 1 is 1.00 bits per heavy atom. The topological polar surface area (TPSA) is 93.1 Å². The molecule has 0 radical (unpaired) electrons. The summed E-state index contributed by atoms with van der Waals surface area (Å²) in [6, 6.07) is 13.4. The Kier molecular flexibility index (Phi) is 5.13. The van der Waals surface area contributed by atoms with Crippen molar-refractivity contribution in [3.63, 3.8) is 0 Å². The predicted molar refractivity (Wildman–Crippen MR) is 101 cm³/mol. The van der Waals surface area contributed by atoms with E-state index >= 15 is 0 Å². The highest BCUT2D eigenvalue weighted by atomic mass is 79.9. The fraction of sp³-hybridized carbons (Fsp3) is 0.111. The number of carbonyl (C=O) groups excluding carboxylic acids is 2. The van der Waals surface area contributed by atoms with Gasteiger partial charge in [0.2, 0.25) is 0 Å². The first kappa shape index (κ1) is 17.8. The minimum absolute atomic E-state index is 0.0677. The third kappa shape index (κ3) is 3.50. The zero-order valence-corrected chi connectivity index (χ0v) is 15.4. The molecule has 0 spiro atoms. The molecule has 8 heteroatoms. The minimum atomic E-state index is -0.603. The van der Waals surface area contributed by atoms with Crippen LogP contribution in [-0.2, 0) is 6.54 Å². The molecule has 0 bridgehead atoms. The number of fused-ring (bicyclic) bond motifs is 1. The van der Waals surface area contributed by atoms with Crippen LogP contribution in [0.25, 0.3) is 10.8 Å². The van der Waals surface area contributed by atoms with Crippen LogP contribution >= 0.6 is 15.9 Å². The van der Waals surface area contributed by atoms with Crippen LogP contribution in [0.4, 0.5) is 0 Å². The van der Waals surface area contributed by atoms with Crippen LogP contribution in [0, 0.1) is 0 Å². The van der Waals surface area contributed by atoms with Gasteiger partial charge in [0.05, 0.1) is 5.39 Å². The molecule has 1 aromatic heterocycles. The lowest BCUT2D eigenvalue weighted by atomic mass is 10.1. The van der Waals surface area contributed by atoms with Crippen LogP contribution in [0.3, 0.4) is 0 Å². The summed E-state index contributed by atoms with van der Waals surface area (Å²) in [5.74, 6) is -1.06. The molecule has 26 heavy (non-hydrogen) atoms. The number of rotatable bonds is 3. The molecule has 7 nitrogen and oxygen atoms in total. The van der Waals surface area contributed by atoms with Crippen molar-refractivity contribution < 1.29 is 9.59 Å². The molecule has 0 atom stereocenters. The van der Waals surface area contributed by atoms with Crippen LogP contribution < -0.4 is 16.4 Å². The van der Waals surface area contributed by atoms with Gasteiger partial charge in [-0.3, -0.25) is 25.2 Å². The number of nitrogens with one attached hydrogen (secondary N) is 2. The van der Waals surface area contributed by atoms with Gasteiger partial charge < -0.3 is 0 Å². The zero-order valence-electron chi connectivity index (χ0n) is 13.8. The molecule has 2 aromatic carbocycles. The van der Waals surface area contributed by atoms with E-state index in [1.807, 2.05) is 0 Å². The van der Waals surface area contributed by atoms with Crippen molar-refractivity contribution in [2.45, 2.75) is 13.5 Å². The Bertz CT molecular complexity index is 1040. The van der Waals surface area contributed by atoms with E-state index in [1.54, 1.807) is 55.5 Å². The highest BCUT2D eigenvalue weighted by Gasteiger charge is 2.17. The minimum Gasteiger partial charge on any atom is -0.267 e. The van der Waals surface area contributed by atoms with Crippen molar-refractivity contribution >= 4 is 38.5 Å².